The summed E-state index contributed by atoms with van der Waals surface area (Å²) in [5, 5.41) is 14.5. The maximum Gasteiger partial charge on any atom is 0.409 e. The summed E-state index contributed by atoms with van der Waals surface area (Å²) in [5.74, 6) is 0.262. The van der Waals surface area contributed by atoms with Crippen LogP contribution >= 0.6 is 11.6 Å². The molecule has 2 aromatic rings. The van der Waals surface area contributed by atoms with E-state index in [0.717, 1.165) is 58.3 Å². The monoisotopic (exact) mass is 456 g/mol. The Hall–Kier alpha value is -2.28. The van der Waals surface area contributed by atoms with E-state index in [4.69, 9.17) is 16.3 Å². The smallest absolute Gasteiger partial charge is 0.409 e. The highest BCUT2D eigenvalue weighted by Crippen LogP contribution is 2.31. The standard InChI is InChI=1S/C25H31ClN3O3/c1-17-15-19(16-18(2)24(17)26)11-14-32-25(30)28-12-9-21(10-13-28)23-8-7-20-5-3-4-6-22(20)27-29(23)31/h3-6,15-16,21,23,27H,7-14H2,1-2H3/q-1. The summed E-state index contributed by atoms with van der Waals surface area (Å²) in [6, 6.07) is 12.0. The maximum atomic E-state index is 12.7. The van der Waals surface area contributed by atoms with Crippen LogP contribution in [0.25, 0.3) is 0 Å². The number of benzene rings is 2. The number of hydrogen-bond donors (Lipinski definition) is 1. The van der Waals surface area contributed by atoms with E-state index in [1.165, 1.54) is 5.56 Å². The van der Waals surface area contributed by atoms with Gasteiger partial charge in [-0.15, -0.1) is 0 Å². The molecular weight excluding hydrogens is 426 g/mol. The fourth-order valence-corrected chi connectivity index (χ4v) is 5.00. The number of rotatable bonds is 4. The SMILES string of the molecule is Cc1cc(CCOC(=O)N2CCC(C3CCc4ccccc4NN3[O-])CC2)cc(C)c1Cl. The van der Waals surface area contributed by atoms with Gasteiger partial charge >= 0.3 is 6.09 Å². The molecule has 1 saturated heterocycles. The highest BCUT2D eigenvalue weighted by Gasteiger charge is 2.31. The molecule has 172 valence electrons. The molecule has 2 aromatic carbocycles. The molecular formula is C25H31ClN3O3-. The summed E-state index contributed by atoms with van der Waals surface area (Å²) in [6.07, 6.45) is 3.73. The topological polar surface area (TPSA) is 67.9 Å². The van der Waals surface area contributed by atoms with Gasteiger partial charge in [-0.3, -0.25) is 5.17 Å². The Morgan fingerprint density at radius 2 is 1.84 bits per heavy atom. The first-order valence-electron chi connectivity index (χ1n) is 11.4. The van der Waals surface area contributed by atoms with Crippen molar-refractivity contribution in [2.45, 2.75) is 52.0 Å². The Labute approximate surface area is 195 Å². The van der Waals surface area contributed by atoms with Crippen molar-refractivity contribution in [3.8, 4) is 0 Å². The van der Waals surface area contributed by atoms with Crippen molar-refractivity contribution in [3.05, 3.63) is 68.9 Å². The first-order valence-corrected chi connectivity index (χ1v) is 11.8. The molecule has 2 aliphatic rings. The van der Waals surface area contributed by atoms with E-state index >= 15 is 0 Å². The van der Waals surface area contributed by atoms with Gasteiger partial charge in [-0.05, 0) is 73.8 Å². The van der Waals surface area contributed by atoms with Crippen molar-refractivity contribution in [2.75, 3.05) is 25.1 Å². The lowest BCUT2D eigenvalue weighted by Crippen LogP contribution is -2.46. The maximum absolute atomic E-state index is 12.7. The highest BCUT2D eigenvalue weighted by atomic mass is 35.5. The van der Waals surface area contributed by atoms with Crippen LogP contribution in [0, 0.1) is 25.0 Å². The lowest BCUT2D eigenvalue weighted by atomic mass is 9.86. The van der Waals surface area contributed by atoms with Crippen LogP contribution in [0.1, 0.15) is 41.5 Å². The van der Waals surface area contributed by atoms with Crippen molar-refractivity contribution in [2.24, 2.45) is 5.92 Å². The Kier molecular flexibility index (Phi) is 7.23. The lowest BCUT2D eigenvalue weighted by Gasteiger charge is -2.43. The second-order valence-electron chi connectivity index (χ2n) is 8.93. The number of piperidine rings is 1. The van der Waals surface area contributed by atoms with Crippen LogP contribution in [0.5, 0.6) is 0 Å². The van der Waals surface area contributed by atoms with E-state index in [1.54, 1.807) is 4.90 Å². The van der Waals surface area contributed by atoms with Gasteiger partial charge in [0.2, 0.25) is 0 Å². The number of likely N-dealkylation sites (tertiary alicyclic amines) is 1. The molecule has 1 N–H and O–H groups in total. The second kappa shape index (κ2) is 10.1. The molecule has 0 aromatic heterocycles. The summed E-state index contributed by atoms with van der Waals surface area (Å²) in [4.78, 5) is 14.3. The van der Waals surface area contributed by atoms with Crippen LogP contribution in [-0.4, -0.2) is 41.9 Å². The van der Waals surface area contributed by atoms with Gasteiger partial charge in [0.1, 0.15) is 0 Å². The molecule has 7 heteroatoms. The van der Waals surface area contributed by atoms with Crippen LogP contribution in [0.2, 0.25) is 5.02 Å². The summed E-state index contributed by atoms with van der Waals surface area (Å²) < 4.78 is 5.53. The first-order chi connectivity index (χ1) is 15.4. The largest absolute Gasteiger partial charge is 0.767 e. The molecule has 0 bridgehead atoms. The highest BCUT2D eigenvalue weighted by molar-refractivity contribution is 6.32. The summed E-state index contributed by atoms with van der Waals surface area (Å²) in [5.41, 5.74) is 8.31. The zero-order valence-corrected chi connectivity index (χ0v) is 19.5. The fourth-order valence-electron chi connectivity index (χ4n) is 4.89. The number of carbonyl (C=O) groups excluding carboxylic acids is 1. The minimum Gasteiger partial charge on any atom is -0.767 e. The number of amides is 1. The van der Waals surface area contributed by atoms with Gasteiger partial charge in [0.25, 0.3) is 0 Å². The van der Waals surface area contributed by atoms with Crippen LogP contribution in [-0.2, 0) is 17.6 Å². The van der Waals surface area contributed by atoms with Crippen molar-refractivity contribution in [1.82, 2.24) is 10.1 Å². The molecule has 4 rings (SSSR count). The minimum atomic E-state index is -0.267. The number of nitrogens with zero attached hydrogens (tertiary/aromatic N) is 2. The number of hydroxylamine groups is 1. The number of halogens is 1. The van der Waals surface area contributed by atoms with Crippen LogP contribution in [0.3, 0.4) is 0 Å². The van der Waals surface area contributed by atoms with E-state index in [-0.39, 0.29) is 18.1 Å². The van der Waals surface area contributed by atoms with Crippen molar-refractivity contribution < 1.29 is 9.53 Å². The Morgan fingerprint density at radius 1 is 1.16 bits per heavy atom. The quantitative estimate of drug-likeness (QED) is 0.658. The minimum absolute atomic E-state index is 0.0862. The molecule has 0 aliphatic carbocycles. The first kappa shape index (κ1) is 22.9. The average Bonchev–Trinajstić information content (AvgIpc) is 2.95. The van der Waals surface area contributed by atoms with Crippen molar-refractivity contribution in [3.63, 3.8) is 0 Å². The Morgan fingerprint density at radius 3 is 2.56 bits per heavy atom. The molecule has 1 amide bonds. The van der Waals surface area contributed by atoms with Gasteiger partial charge in [-0.25, -0.2) is 4.79 Å². The van der Waals surface area contributed by atoms with Crippen LogP contribution in [0.15, 0.2) is 36.4 Å². The number of ether oxygens (including phenoxy) is 1. The van der Waals surface area contributed by atoms with E-state index < -0.39 is 0 Å². The average molecular weight is 457 g/mol. The fraction of sp³-hybridized carbons (Fsp3) is 0.480. The van der Waals surface area contributed by atoms with Gasteiger partial charge in [0.15, 0.2) is 0 Å². The summed E-state index contributed by atoms with van der Waals surface area (Å²) in [6.45, 7) is 5.57. The van der Waals surface area contributed by atoms with Gasteiger partial charge in [-0.1, -0.05) is 41.9 Å². The van der Waals surface area contributed by atoms with E-state index in [2.05, 4.69) is 11.5 Å². The number of hydrazine groups is 1. The number of carbonyl (C=O) groups is 1. The summed E-state index contributed by atoms with van der Waals surface area (Å²) in [7, 11) is 0. The molecule has 1 atom stereocenters. The van der Waals surface area contributed by atoms with E-state index in [1.807, 2.05) is 44.2 Å². The number of fused-ring (bicyclic) bond motifs is 1. The van der Waals surface area contributed by atoms with Gasteiger partial charge in [-0.2, -0.15) is 0 Å². The third-order valence-corrected chi connectivity index (χ3v) is 7.31. The van der Waals surface area contributed by atoms with Gasteiger partial charge in [0, 0.05) is 30.6 Å². The predicted molar refractivity (Wildman–Crippen MR) is 128 cm³/mol. The normalized spacial score (nSPS) is 19.8. The molecule has 32 heavy (non-hydrogen) atoms. The molecule has 1 fully saturated rings. The number of nitrogens with one attached hydrogen (secondary N) is 1. The molecule has 2 aliphatic heterocycles. The van der Waals surface area contributed by atoms with Gasteiger partial charge in [0.05, 0.1) is 12.3 Å². The van der Waals surface area contributed by atoms with Crippen molar-refractivity contribution in [1.29, 1.82) is 0 Å². The summed E-state index contributed by atoms with van der Waals surface area (Å²) >= 11 is 6.23. The zero-order chi connectivity index (χ0) is 22.7. The number of hydrogen-bond acceptors (Lipinski definition) is 5. The molecule has 6 nitrogen and oxygen atoms in total. The Balaban J connectivity index is 1.24. The van der Waals surface area contributed by atoms with Crippen molar-refractivity contribution >= 4 is 23.4 Å². The number of aryl methyl sites for hydroxylation is 3. The predicted octanol–water partition coefficient (Wildman–Crippen LogP) is 5.49. The molecule has 0 spiro atoms. The van der Waals surface area contributed by atoms with E-state index in [0.29, 0.717) is 26.1 Å². The number of para-hydroxylation sites is 1. The van der Waals surface area contributed by atoms with E-state index in [9.17, 15) is 10.0 Å². The third-order valence-electron chi connectivity index (χ3n) is 6.71. The molecule has 0 saturated carbocycles. The lowest BCUT2D eigenvalue weighted by molar-refractivity contribution is 0.0763. The van der Waals surface area contributed by atoms with Crippen LogP contribution in [0.4, 0.5) is 10.5 Å². The third kappa shape index (κ3) is 5.20. The molecule has 1 unspecified atom stereocenters. The zero-order valence-electron chi connectivity index (χ0n) is 18.8. The Bertz CT molecular complexity index is 936. The molecule has 0 radical (unpaired) electrons. The second-order valence-corrected chi connectivity index (χ2v) is 9.31. The van der Waals surface area contributed by atoms with Gasteiger partial charge < -0.3 is 20.3 Å². The molecule has 2 heterocycles. The van der Waals surface area contributed by atoms with Crippen LogP contribution < -0.4 is 5.43 Å². The number of anilines is 1.